The van der Waals surface area contributed by atoms with Crippen LogP contribution in [0.3, 0.4) is 0 Å². The fraction of sp³-hybridized carbons (Fsp3) is 0.333. The molecule has 4 heteroatoms. The Balaban J connectivity index is 2.29. The zero-order chi connectivity index (χ0) is 11.4. The number of nitrogens with one attached hydrogen (secondary N) is 1. The predicted molar refractivity (Wildman–Crippen MR) is 62.8 cm³/mol. The van der Waals surface area contributed by atoms with Crippen molar-refractivity contribution in [1.82, 2.24) is 14.8 Å². The molecule has 0 bridgehead atoms. The second-order valence-corrected chi connectivity index (χ2v) is 3.73. The smallest absolute Gasteiger partial charge is 0.292 e. The molecule has 0 aliphatic heterocycles. The van der Waals surface area contributed by atoms with Gasteiger partial charge in [0, 0.05) is 6.42 Å². The number of nitrogens with zero attached hydrogens (tertiary/aromatic N) is 2. The van der Waals surface area contributed by atoms with E-state index in [0.29, 0.717) is 0 Å². The van der Waals surface area contributed by atoms with Crippen molar-refractivity contribution in [3.8, 4) is 5.69 Å². The van der Waals surface area contributed by atoms with E-state index in [2.05, 4.69) is 17.0 Å². The van der Waals surface area contributed by atoms with E-state index in [-0.39, 0.29) is 5.69 Å². The number of aromatic nitrogens is 3. The number of H-pyrrole nitrogens is 1. The molecule has 16 heavy (non-hydrogen) atoms. The van der Waals surface area contributed by atoms with Crippen LogP contribution in [-0.4, -0.2) is 14.8 Å². The van der Waals surface area contributed by atoms with Crippen LogP contribution in [0, 0.1) is 0 Å². The Bertz CT molecular complexity index is 498. The van der Waals surface area contributed by atoms with E-state index in [1.54, 1.807) is 0 Å². The van der Waals surface area contributed by atoms with E-state index >= 15 is 0 Å². The summed E-state index contributed by atoms with van der Waals surface area (Å²) in [4.78, 5) is 14.4. The number of benzene rings is 1. The third-order valence-corrected chi connectivity index (χ3v) is 2.43. The van der Waals surface area contributed by atoms with Gasteiger partial charge >= 0.3 is 5.69 Å². The molecule has 0 spiro atoms. The molecule has 1 aromatic carbocycles. The number of aromatic amines is 1. The van der Waals surface area contributed by atoms with E-state index in [9.17, 15) is 4.79 Å². The highest BCUT2D eigenvalue weighted by molar-refractivity contribution is 5.29. The van der Waals surface area contributed by atoms with Crippen LogP contribution in [0.1, 0.15) is 25.6 Å². The maximum absolute atomic E-state index is 11.6. The van der Waals surface area contributed by atoms with E-state index in [4.69, 9.17) is 0 Å². The van der Waals surface area contributed by atoms with Crippen LogP contribution in [0.15, 0.2) is 35.1 Å². The summed E-state index contributed by atoms with van der Waals surface area (Å²) >= 11 is 0. The van der Waals surface area contributed by atoms with Crippen molar-refractivity contribution >= 4 is 0 Å². The van der Waals surface area contributed by atoms with Gasteiger partial charge < -0.3 is 0 Å². The molecule has 2 aromatic rings. The van der Waals surface area contributed by atoms with Crippen LogP contribution in [-0.2, 0) is 6.42 Å². The normalized spacial score (nSPS) is 10.6. The Morgan fingerprint density at radius 2 is 2.06 bits per heavy atom. The zero-order valence-electron chi connectivity index (χ0n) is 9.31. The molecule has 0 amide bonds. The standard InChI is InChI=1S/C12H15N3O/c1-2-3-9-11-13-12(16)15(14-11)10-7-5-4-6-8-10/h4-8H,2-3,9H2,1H3,(H,13,14,16). The SMILES string of the molecule is CCCCc1nn(-c2ccccc2)c(=O)[nH]1. The monoisotopic (exact) mass is 217 g/mol. The van der Waals surface area contributed by atoms with Crippen molar-refractivity contribution in [2.75, 3.05) is 0 Å². The van der Waals surface area contributed by atoms with Crippen molar-refractivity contribution < 1.29 is 0 Å². The molecular formula is C12H15N3O. The molecule has 0 radical (unpaired) electrons. The number of hydrogen-bond donors (Lipinski definition) is 1. The van der Waals surface area contributed by atoms with Crippen LogP contribution in [0.2, 0.25) is 0 Å². The number of para-hydroxylation sites is 1. The largest absolute Gasteiger partial charge is 0.348 e. The van der Waals surface area contributed by atoms with Gasteiger partial charge in [-0.3, -0.25) is 4.98 Å². The molecule has 0 aliphatic rings. The third-order valence-electron chi connectivity index (χ3n) is 2.43. The van der Waals surface area contributed by atoms with Gasteiger partial charge in [-0.2, -0.15) is 9.78 Å². The van der Waals surface area contributed by atoms with Crippen LogP contribution in [0.25, 0.3) is 5.69 Å². The fourth-order valence-corrected chi connectivity index (χ4v) is 1.57. The van der Waals surface area contributed by atoms with Gasteiger partial charge in [0.05, 0.1) is 5.69 Å². The Kier molecular flexibility index (Phi) is 3.19. The second-order valence-electron chi connectivity index (χ2n) is 3.73. The highest BCUT2D eigenvalue weighted by atomic mass is 16.1. The summed E-state index contributed by atoms with van der Waals surface area (Å²) in [5.41, 5.74) is 0.629. The van der Waals surface area contributed by atoms with E-state index < -0.39 is 0 Å². The summed E-state index contributed by atoms with van der Waals surface area (Å²) < 4.78 is 1.41. The lowest BCUT2D eigenvalue weighted by Gasteiger charge is -1.97. The topological polar surface area (TPSA) is 50.7 Å². The highest BCUT2D eigenvalue weighted by Gasteiger charge is 2.05. The van der Waals surface area contributed by atoms with Crippen molar-refractivity contribution in [3.63, 3.8) is 0 Å². The van der Waals surface area contributed by atoms with Gasteiger partial charge in [-0.25, -0.2) is 4.79 Å². The van der Waals surface area contributed by atoms with E-state index in [1.165, 1.54) is 4.68 Å². The fourth-order valence-electron chi connectivity index (χ4n) is 1.57. The molecule has 1 N–H and O–H groups in total. The molecule has 1 heterocycles. The van der Waals surface area contributed by atoms with Crippen LogP contribution in [0.4, 0.5) is 0 Å². The average Bonchev–Trinajstić information content (AvgIpc) is 2.69. The molecule has 0 saturated carbocycles. The van der Waals surface area contributed by atoms with Crippen molar-refractivity contribution in [2.45, 2.75) is 26.2 Å². The number of unbranched alkanes of at least 4 members (excludes halogenated alkanes) is 1. The second kappa shape index (κ2) is 4.79. The summed E-state index contributed by atoms with van der Waals surface area (Å²) in [7, 11) is 0. The van der Waals surface area contributed by atoms with Crippen LogP contribution >= 0.6 is 0 Å². The quantitative estimate of drug-likeness (QED) is 0.850. The van der Waals surface area contributed by atoms with Gasteiger partial charge in [0.2, 0.25) is 0 Å². The lowest BCUT2D eigenvalue weighted by molar-refractivity contribution is 0.740. The zero-order valence-corrected chi connectivity index (χ0v) is 9.31. The van der Waals surface area contributed by atoms with Crippen LogP contribution in [0.5, 0.6) is 0 Å². The Morgan fingerprint density at radius 1 is 1.31 bits per heavy atom. The maximum atomic E-state index is 11.6. The summed E-state index contributed by atoms with van der Waals surface area (Å²) in [6.07, 6.45) is 2.97. The minimum Gasteiger partial charge on any atom is -0.292 e. The number of aryl methyl sites for hydroxylation is 1. The molecule has 0 atom stereocenters. The first-order chi connectivity index (χ1) is 7.81. The molecular weight excluding hydrogens is 202 g/mol. The highest BCUT2D eigenvalue weighted by Crippen LogP contribution is 2.03. The van der Waals surface area contributed by atoms with Gasteiger partial charge in [-0.1, -0.05) is 31.5 Å². The van der Waals surface area contributed by atoms with Gasteiger partial charge in [0.25, 0.3) is 0 Å². The average molecular weight is 217 g/mol. The Morgan fingerprint density at radius 3 is 2.75 bits per heavy atom. The first kappa shape index (κ1) is 10.7. The lowest BCUT2D eigenvalue weighted by Crippen LogP contribution is -2.15. The first-order valence-corrected chi connectivity index (χ1v) is 5.55. The molecule has 1 aromatic heterocycles. The van der Waals surface area contributed by atoms with Crippen LogP contribution < -0.4 is 5.69 Å². The Hall–Kier alpha value is -1.84. The molecule has 0 fully saturated rings. The summed E-state index contributed by atoms with van der Waals surface area (Å²) in [6, 6.07) is 9.43. The molecule has 4 nitrogen and oxygen atoms in total. The summed E-state index contributed by atoms with van der Waals surface area (Å²) in [5, 5.41) is 4.27. The van der Waals surface area contributed by atoms with Gasteiger partial charge in [-0.15, -0.1) is 0 Å². The molecule has 2 rings (SSSR count). The number of rotatable bonds is 4. The maximum Gasteiger partial charge on any atom is 0.348 e. The summed E-state index contributed by atoms with van der Waals surface area (Å²) in [5.74, 6) is 0.760. The Labute approximate surface area is 93.9 Å². The van der Waals surface area contributed by atoms with Crippen molar-refractivity contribution in [1.29, 1.82) is 0 Å². The van der Waals surface area contributed by atoms with Gasteiger partial charge in [0.1, 0.15) is 5.82 Å². The first-order valence-electron chi connectivity index (χ1n) is 5.55. The molecule has 0 unspecified atom stereocenters. The molecule has 0 saturated heterocycles. The van der Waals surface area contributed by atoms with Crippen molar-refractivity contribution in [2.24, 2.45) is 0 Å². The van der Waals surface area contributed by atoms with E-state index in [0.717, 1.165) is 30.8 Å². The molecule has 0 aliphatic carbocycles. The number of hydrogen-bond acceptors (Lipinski definition) is 2. The van der Waals surface area contributed by atoms with E-state index in [1.807, 2.05) is 30.3 Å². The minimum absolute atomic E-state index is 0.169. The van der Waals surface area contributed by atoms with Gasteiger partial charge in [0.15, 0.2) is 0 Å². The summed E-state index contributed by atoms with van der Waals surface area (Å²) in [6.45, 7) is 2.12. The third kappa shape index (κ3) is 2.21. The van der Waals surface area contributed by atoms with Gasteiger partial charge in [-0.05, 0) is 18.6 Å². The minimum atomic E-state index is -0.169. The van der Waals surface area contributed by atoms with Crippen molar-refractivity contribution in [3.05, 3.63) is 46.6 Å². The lowest BCUT2D eigenvalue weighted by atomic mass is 10.2. The predicted octanol–water partition coefficient (Wildman–Crippen LogP) is 1.90. The molecule has 84 valence electrons.